The van der Waals surface area contributed by atoms with Gasteiger partial charge in [-0.1, -0.05) is 39.5 Å². The zero-order chi connectivity index (χ0) is 11.4. The van der Waals surface area contributed by atoms with Crippen LogP contribution in [0.2, 0.25) is 0 Å². The molecule has 2 fully saturated rings. The topological polar surface area (TPSA) is 3.24 Å². The lowest BCUT2D eigenvalue weighted by Crippen LogP contribution is -2.46. The Bertz CT molecular complexity index is 200. The molecule has 3 atom stereocenters. The number of hydrogen-bond acceptors (Lipinski definition) is 1. The maximum absolute atomic E-state index is 2.95. The Morgan fingerprint density at radius 1 is 0.875 bits per heavy atom. The van der Waals surface area contributed by atoms with Crippen LogP contribution in [0.5, 0.6) is 0 Å². The van der Waals surface area contributed by atoms with Gasteiger partial charge in [-0.2, -0.15) is 0 Å². The fourth-order valence-corrected chi connectivity index (χ4v) is 3.97. The molecule has 0 aromatic carbocycles. The van der Waals surface area contributed by atoms with Gasteiger partial charge in [0.15, 0.2) is 0 Å². The number of nitrogens with zero attached hydrogens (tertiary/aromatic N) is 1. The molecule has 0 radical (unpaired) electrons. The molecule has 0 amide bonds. The summed E-state index contributed by atoms with van der Waals surface area (Å²) in [7, 11) is 0. The summed E-state index contributed by atoms with van der Waals surface area (Å²) in [6.45, 7) is 4.67. The predicted octanol–water partition coefficient (Wildman–Crippen LogP) is 4.36. The van der Waals surface area contributed by atoms with Crippen molar-refractivity contribution >= 4 is 0 Å². The average Bonchev–Trinajstić information content (AvgIpc) is 2.71. The molecule has 2 aliphatic heterocycles. The fraction of sp³-hybridized carbons (Fsp3) is 1.00. The van der Waals surface area contributed by atoms with E-state index < -0.39 is 0 Å². The van der Waals surface area contributed by atoms with Crippen molar-refractivity contribution in [2.75, 3.05) is 0 Å². The minimum atomic E-state index is 0.938. The maximum atomic E-state index is 2.95. The zero-order valence-electron chi connectivity index (χ0n) is 11.3. The van der Waals surface area contributed by atoms with Crippen LogP contribution in [0.4, 0.5) is 0 Å². The van der Waals surface area contributed by atoms with Crippen molar-refractivity contribution in [2.45, 2.75) is 96.2 Å². The molecule has 0 bridgehead atoms. The van der Waals surface area contributed by atoms with Gasteiger partial charge in [0, 0.05) is 18.1 Å². The summed E-state index contributed by atoms with van der Waals surface area (Å²) in [5, 5.41) is 0. The molecule has 0 spiro atoms. The average molecular weight is 223 g/mol. The van der Waals surface area contributed by atoms with E-state index in [9.17, 15) is 0 Å². The number of rotatable bonds is 5. The Labute approximate surface area is 102 Å². The van der Waals surface area contributed by atoms with Crippen molar-refractivity contribution in [3.05, 3.63) is 0 Å². The second kappa shape index (κ2) is 6.05. The van der Waals surface area contributed by atoms with E-state index in [1.807, 2.05) is 0 Å². The Hall–Kier alpha value is -0.0400. The molecule has 2 rings (SSSR count). The second-order valence-corrected chi connectivity index (χ2v) is 5.85. The summed E-state index contributed by atoms with van der Waals surface area (Å²) in [4.78, 5) is 2.95. The van der Waals surface area contributed by atoms with E-state index in [2.05, 4.69) is 18.7 Å². The van der Waals surface area contributed by atoms with Gasteiger partial charge >= 0.3 is 0 Å². The molecule has 2 aliphatic rings. The van der Waals surface area contributed by atoms with Crippen LogP contribution >= 0.6 is 0 Å². The van der Waals surface area contributed by atoms with Crippen LogP contribution in [0.3, 0.4) is 0 Å². The minimum absolute atomic E-state index is 0.938. The molecular formula is C15H29N. The van der Waals surface area contributed by atoms with Gasteiger partial charge in [-0.05, 0) is 38.5 Å². The first-order valence-electron chi connectivity index (χ1n) is 7.64. The number of fused-ring (bicyclic) bond motifs is 1. The SMILES string of the molecule is CCCC[C@H]1CC[C@H]2CCC[C@@H](CCC)N21. The summed E-state index contributed by atoms with van der Waals surface area (Å²) in [5.74, 6) is 0. The van der Waals surface area contributed by atoms with Crippen molar-refractivity contribution in [3.8, 4) is 0 Å². The van der Waals surface area contributed by atoms with E-state index in [0.717, 1.165) is 18.1 Å². The summed E-state index contributed by atoms with van der Waals surface area (Å²) in [5.41, 5.74) is 0. The highest BCUT2D eigenvalue weighted by atomic mass is 15.2. The van der Waals surface area contributed by atoms with Crippen molar-refractivity contribution in [2.24, 2.45) is 0 Å². The summed E-state index contributed by atoms with van der Waals surface area (Å²) in [6.07, 6.45) is 14.5. The fourth-order valence-electron chi connectivity index (χ4n) is 3.97. The van der Waals surface area contributed by atoms with Crippen molar-refractivity contribution in [3.63, 3.8) is 0 Å². The third-order valence-corrected chi connectivity index (χ3v) is 4.69. The third-order valence-electron chi connectivity index (χ3n) is 4.69. The maximum Gasteiger partial charge on any atom is 0.0102 e. The van der Waals surface area contributed by atoms with Crippen LogP contribution < -0.4 is 0 Å². The Morgan fingerprint density at radius 3 is 2.44 bits per heavy atom. The molecule has 94 valence electrons. The first-order valence-corrected chi connectivity index (χ1v) is 7.64. The van der Waals surface area contributed by atoms with Crippen LogP contribution in [0.25, 0.3) is 0 Å². The standard InChI is InChI=1S/C15H29N/c1-3-5-8-14-11-12-15-10-6-9-13(7-4-2)16(14)15/h13-15H,3-12H2,1-2H3/t13-,14+,15-/m1/s1. The molecule has 0 saturated carbocycles. The van der Waals surface area contributed by atoms with Gasteiger partial charge in [0.1, 0.15) is 0 Å². The lowest BCUT2D eigenvalue weighted by Gasteiger charge is -2.41. The van der Waals surface area contributed by atoms with E-state index in [4.69, 9.17) is 0 Å². The van der Waals surface area contributed by atoms with E-state index in [1.165, 1.54) is 64.2 Å². The van der Waals surface area contributed by atoms with Gasteiger partial charge < -0.3 is 0 Å². The molecule has 2 heterocycles. The monoisotopic (exact) mass is 223 g/mol. The summed E-state index contributed by atoms with van der Waals surface area (Å²) < 4.78 is 0. The third kappa shape index (κ3) is 2.61. The molecule has 1 nitrogen and oxygen atoms in total. The predicted molar refractivity (Wildman–Crippen MR) is 70.7 cm³/mol. The quantitative estimate of drug-likeness (QED) is 0.669. The molecule has 0 aromatic rings. The Morgan fingerprint density at radius 2 is 1.69 bits per heavy atom. The minimum Gasteiger partial charge on any atom is -0.294 e. The zero-order valence-corrected chi connectivity index (χ0v) is 11.3. The molecule has 2 saturated heterocycles. The van der Waals surface area contributed by atoms with Gasteiger partial charge in [0.25, 0.3) is 0 Å². The number of unbranched alkanes of at least 4 members (excludes halogenated alkanes) is 1. The molecule has 0 aliphatic carbocycles. The smallest absolute Gasteiger partial charge is 0.0102 e. The molecule has 0 unspecified atom stereocenters. The van der Waals surface area contributed by atoms with Gasteiger partial charge in [0.2, 0.25) is 0 Å². The molecule has 0 N–H and O–H groups in total. The Balaban J connectivity index is 1.94. The van der Waals surface area contributed by atoms with E-state index in [0.29, 0.717) is 0 Å². The van der Waals surface area contributed by atoms with Crippen molar-refractivity contribution in [1.29, 1.82) is 0 Å². The van der Waals surface area contributed by atoms with Gasteiger partial charge in [-0.15, -0.1) is 0 Å². The van der Waals surface area contributed by atoms with Crippen LogP contribution in [0.1, 0.15) is 78.1 Å². The van der Waals surface area contributed by atoms with Crippen LogP contribution in [0, 0.1) is 0 Å². The lowest BCUT2D eigenvalue weighted by molar-refractivity contribution is 0.0715. The van der Waals surface area contributed by atoms with Crippen LogP contribution in [-0.4, -0.2) is 23.0 Å². The van der Waals surface area contributed by atoms with Crippen LogP contribution in [-0.2, 0) is 0 Å². The molecule has 1 heteroatoms. The number of hydrogen-bond donors (Lipinski definition) is 0. The van der Waals surface area contributed by atoms with Gasteiger partial charge in [-0.3, -0.25) is 4.90 Å². The first kappa shape index (κ1) is 12.4. The van der Waals surface area contributed by atoms with E-state index in [-0.39, 0.29) is 0 Å². The van der Waals surface area contributed by atoms with Crippen molar-refractivity contribution < 1.29 is 0 Å². The normalized spacial score (nSPS) is 35.2. The highest BCUT2D eigenvalue weighted by Crippen LogP contribution is 2.38. The van der Waals surface area contributed by atoms with Gasteiger partial charge in [0.05, 0.1) is 0 Å². The number of piperidine rings is 1. The van der Waals surface area contributed by atoms with Gasteiger partial charge in [-0.25, -0.2) is 0 Å². The molecule has 16 heavy (non-hydrogen) atoms. The van der Waals surface area contributed by atoms with E-state index >= 15 is 0 Å². The largest absolute Gasteiger partial charge is 0.294 e. The lowest BCUT2D eigenvalue weighted by atomic mass is 9.93. The highest BCUT2D eigenvalue weighted by Gasteiger charge is 2.39. The highest BCUT2D eigenvalue weighted by molar-refractivity contribution is 4.94. The molecular weight excluding hydrogens is 194 g/mol. The van der Waals surface area contributed by atoms with Crippen molar-refractivity contribution in [1.82, 2.24) is 4.90 Å². The van der Waals surface area contributed by atoms with E-state index in [1.54, 1.807) is 0 Å². The first-order chi connectivity index (χ1) is 7.86. The molecule has 0 aromatic heterocycles. The summed E-state index contributed by atoms with van der Waals surface area (Å²) >= 11 is 0. The Kier molecular flexibility index (Phi) is 4.69. The summed E-state index contributed by atoms with van der Waals surface area (Å²) in [6, 6.07) is 2.85. The second-order valence-electron chi connectivity index (χ2n) is 5.85. The van der Waals surface area contributed by atoms with Crippen LogP contribution in [0.15, 0.2) is 0 Å².